The van der Waals surface area contributed by atoms with Gasteiger partial charge in [0.2, 0.25) is 0 Å². The van der Waals surface area contributed by atoms with Gasteiger partial charge < -0.3 is 24.5 Å². The Morgan fingerprint density at radius 2 is 1.93 bits per heavy atom. The lowest BCUT2D eigenvalue weighted by atomic mass is 9.95. The van der Waals surface area contributed by atoms with E-state index in [1.165, 1.54) is 0 Å². The summed E-state index contributed by atoms with van der Waals surface area (Å²) in [5.41, 5.74) is 2.18. The Bertz CT molecular complexity index is 896. The van der Waals surface area contributed by atoms with Crippen LogP contribution in [0.5, 0.6) is 11.5 Å². The minimum Gasteiger partial charge on any atom is -0.492 e. The van der Waals surface area contributed by atoms with Crippen molar-refractivity contribution in [3.8, 4) is 11.5 Å². The number of benzene rings is 2. The third-order valence-electron chi connectivity index (χ3n) is 5.38. The predicted molar refractivity (Wildman–Crippen MR) is 117 cm³/mol. The first-order valence-corrected chi connectivity index (χ1v) is 10.6. The van der Waals surface area contributed by atoms with Crippen molar-refractivity contribution in [2.75, 3.05) is 11.9 Å². The second-order valence-corrected chi connectivity index (χ2v) is 7.68. The molecule has 2 N–H and O–H groups in total. The van der Waals surface area contributed by atoms with Gasteiger partial charge in [-0.1, -0.05) is 18.6 Å². The monoisotopic (exact) mass is 407 g/mol. The van der Waals surface area contributed by atoms with E-state index in [1.54, 1.807) is 12.5 Å². The molecule has 158 valence electrons. The van der Waals surface area contributed by atoms with Crippen LogP contribution in [-0.2, 0) is 13.1 Å². The third kappa shape index (κ3) is 5.76. The molecule has 1 aromatic heterocycles. The smallest absolute Gasteiger partial charge is 0.124 e. The minimum absolute atomic E-state index is 0.0888. The first-order valence-electron chi connectivity index (χ1n) is 10.6. The molecule has 0 bridgehead atoms. The van der Waals surface area contributed by atoms with Gasteiger partial charge in [-0.15, -0.1) is 0 Å². The summed E-state index contributed by atoms with van der Waals surface area (Å²) < 4.78 is 13.8. The molecule has 2 aromatic carbocycles. The van der Waals surface area contributed by atoms with Gasteiger partial charge in [-0.05, 0) is 61.2 Å². The molecule has 0 aliphatic heterocycles. The van der Waals surface area contributed by atoms with Gasteiger partial charge in [0.25, 0.3) is 0 Å². The molecule has 1 saturated carbocycles. The fourth-order valence-corrected chi connectivity index (χ4v) is 3.68. The lowest BCUT2D eigenvalue weighted by Crippen LogP contribution is -2.34. The van der Waals surface area contributed by atoms with E-state index in [4.69, 9.17) is 9.47 Å². The van der Waals surface area contributed by atoms with E-state index in [2.05, 4.69) is 22.4 Å². The van der Waals surface area contributed by atoms with Crippen LogP contribution in [0.1, 0.15) is 31.2 Å². The lowest BCUT2D eigenvalue weighted by molar-refractivity contribution is 0.00688. The average molecular weight is 408 g/mol. The van der Waals surface area contributed by atoms with Crippen LogP contribution in [0.15, 0.2) is 67.3 Å². The van der Waals surface area contributed by atoms with Gasteiger partial charge in [0, 0.05) is 24.6 Å². The van der Waals surface area contributed by atoms with Crippen LogP contribution in [0.25, 0.3) is 0 Å². The molecule has 6 heteroatoms. The molecule has 0 radical (unpaired) electrons. The number of aromatic nitrogens is 2. The van der Waals surface area contributed by atoms with Gasteiger partial charge in [-0.25, -0.2) is 4.98 Å². The number of nitrogens with zero attached hydrogens (tertiary/aromatic N) is 2. The van der Waals surface area contributed by atoms with Gasteiger partial charge in [-0.3, -0.25) is 0 Å². The molecular weight excluding hydrogens is 378 g/mol. The van der Waals surface area contributed by atoms with Crippen molar-refractivity contribution in [3.63, 3.8) is 0 Å². The van der Waals surface area contributed by atoms with Crippen LogP contribution < -0.4 is 14.8 Å². The van der Waals surface area contributed by atoms with Crippen LogP contribution in [-0.4, -0.2) is 33.5 Å². The fourth-order valence-electron chi connectivity index (χ4n) is 3.68. The molecule has 0 unspecified atom stereocenters. The highest BCUT2D eigenvalue weighted by atomic mass is 16.5. The topological polar surface area (TPSA) is 68.5 Å². The largest absolute Gasteiger partial charge is 0.492 e. The van der Waals surface area contributed by atoms with Crippen molar-refractivity contribution >= 4 is 5.69 Å². The highest BCUT2D eigenvalue weighted by molar-refractivity contribution is 5.47. The molecule has 6 nitrogen and oxygen atoms in total. The SMILES string of the molecule is O[C@@H]1CCCC[C@H]1Oc1ccc(NCc2cccc(OCCn3ccnc3)c2)cc1. The molecule has 1 heterocycles. The Labute approximate surface area is 177 Å². The normalized spacial score (nSPS) is 18.7. The van der Waals surface area contributed by atoms with Crippen molar-refractivity contribution in [2.45, 2.75) is 51.0 Å². The van der Waals surface area contributed by atoms with E-state index in [9.17, 15) is 5.11 Å². The predicted octanol–water partition coefficient (Wildman–Crippen LogP) is 4.26. The molecule has 30 heavy (non-hydrogen) atoms. The zero-order chi connectivity index (χ0) is 20.6. The molecule has 4 rings (SSSR count). The Morgan fingerprint density at radius 3 is 2.73 bits per heavy atom. The number of anilines is 1. The van der Waals surface area contributed by atoms with E-state index in [1.807, 2.05) is 47.2 Å². The number of nitrogens with one attached hydrogen (secondary N) is 1. The van der Waals surface area contributed by atoms with Crippen LogP contribution >= 0.6 is 0 Å². The average Bonchev–Trinajstić information content (AvgIpc) is 3.29. The van der Waals surface area contributed by atoms with Crippen molar-refractivity contribution in [1.29, 1.82) is 0 Å². The second-order valence-electron chi connectivity index (χ2n) is 7.68. The van der Waals surface area contributed by atoms with Crippen LogP contribution in [0.4, 0.5) is 5.69 Å². The molecule has 0 saturated heterocycles. The highest BCUT2D eigenvalue weighted by Crippen LogP contribution is 2.25. The molecule has 0 spiro atoms. The number of aliphatic hydroxyl groups excluding tert-OH is 1. The Hall–Kier alpha value is -2.99. The maximum atomic E-state index is 10.1. The van der Waals surface area contributed by atoms with E-state index in [0.717, 1.165) is 55.0 Å². The summed E-state index contributed by atoms with van der Waals surface area (Å²) in [4.78, 5) is 4.03. The van der Waals surface area contributed by atoms with Crippen molar-refractivity contribution in [2.24, 2.45) is 0 Å². The van der Waals surface area contributed by atoms with Crippen molar-refractivity contribution in [3.05, 3.63) is 72.8 Å². The molecule has 1 fully saturated rings. The first kappa shape index (κ1) is 20.3. The van der Waals surface area contributed by atoms with Gasteiger partial charge in [0.05, 0.1) is 19.0 Å². The van der Waals surface area contributed by atoms with Crippen molar-refractivity contribution < 1.29 is 14.6 Å². The number of aliphatic hydroxyl groups is 1. The van der Waals surface area contributed by atoms with Crippen molar-refractivity contribution in [1.82, 2.24) is 9.55 Å². The maximum absolute atomic E-state index is 10.1. The second kappa shape index (κ2) is 10.2. The number of rotatable bonds is 9. The van der Waals surface area contributed by atoms with E-state index in [0.29, 0.717) is 13.2 Å². The Kier molecular flexibility index (Phi) is 6.87. The molecule has 1 aliphatic rings. The summed E-state index contributed by atoms with van der Waals surface area (Å²) in [6, 6.07) is 16.1. The number of ether oxygens (including phenoxy) is 2. The quantitative estimate of drug-likeness (QED) is 0.555. The van der Waals surface area contributed by atoms with Gasteiger partial charge in [0.15, 0.2) is 0 Å². The summed E-state index contributed by atoms with van der Waals surface area (Å²) >= 11 is 0. The van der Waals surface area contributed by atoms with Crippen LogP contribution in [0.3, 0.4) is 0 Å². The van der Waals surface area contributed by atoms with E-state index < -0.39 is 0 Å². The van der Waals surface area contributed by atoms with Gasteiger partial charge in [-0.2, -0.15) is 0 Å². The standard InChI is InChI=1S/C24H29N3O3/c28-23-6-1-2-7-24(23)30-21-10-8-20(9-11-21)26-17-19-4-3-5-22(16-19)29-15-14-27-13-12-25-18-27/h3-5,8-13,16,18,23-24,26,28H,1-2,6-7,14-15,17H2/t23-,24-/m1/s1. The van der Waals surface area contributed by atoms with E-state index >= 15 is 0 Å². The Morgan fingerprint density at radius 1 is 1.07 bits per heavy atom. The number of hydrogen-bond donors (Lipinski definition) is 2. The zero-order valence-corrected chi connectivity index (χ0v) is 17.1. The summed E-state index contributed by atoms with van der Waals surface area (Å²) in [5.74, 6) is 1.67. The third-order valence-corrected chi connectivity index (χ3v) is 5.38. The number of imidazole rings is 1. The van der Waals surface area contributed by atoms with Gasteiger partial charge >= 0.3 is 0 Å². The first-order chi connectivity index (χ1) is 14.8. The molecular formula is C24H29N3O3. The number of hydrogen-bond acceptors (Lipinski definition) is 5. The summed E-state index contributed by atoms with van der Waals surface area (Å²) in [5, 5.41) is 13.5. The highest BCUT2D eigenvalue weighted by Gasteiger charge is 2.24. The molecule has 1 aliphatic carbocycles. The Balaban J connectivity index is 1.25. The van der Waals surface area contributed by atoms with Crippen LogP contribution in [0.2, 0.25) is 0 Å². The van der Waals surface area contributed by atoms with Gasteiger partial charge in [0.1, 0.15) is 24.2 Å². The maximum Gasteiger partial charge on any atom is 0.124 e. The fraction of sp³-hybridized carbons (Fsp3) is 0.375. The minimum atomic E-state index is -0.356. The lowest BCUT2D eigenvalue weighted by Gasteiger charge is -2.28. The summed E-state index contributed by atoms with van der Waals surface area (Å²) in [7, 11) is 0. The molecule has 3 aromatic rings. The molecule has 0 amide bonds. The molecule has 2 atom stereocenters. The summed E-state index contributed by atoms with van der Waals surface area (Å²) in [6.07, 6.45) is 8.99. The van der Waals surface area contributed by atoms with Crippen LogP contribution in [0, 0.1) is 0 Å². The summed E-state index contributed by atoms with van der Waals surface area (Å²) in [6.45, 7) is 2.08. The van der Waals surface area contributed by atoms with E-state index in [-0.39, 0.29) is 12.2 Å². The zero-order valence-electron chi connectivity index (χ0n) is 17.1.